The molecule has 1 N–H and O–H groups in total. The molecule has 0 aromatic carbocycles. The standard InChI is InChI=1S/C12H16Br2O/c1-5-10-6-3-8(13)9(14)4-7(10)11(6)12(5,2)15/h6-11,15H,1,3-4H2,2H3/t6?,7?,8-,9-,10?,11?,12+/m1/s1. The van der Waals surface area contributed by atoms with Crippen molar-refractivity contribution in [2.24, 2.45) is 23.7 Å². The lowest BCUT2D eigenvalue weighted by Crippen LogP contribution is -2.44. The van der Waals surface area contributed by atoms with Gasteiger partial charge in [-0.3, -0.25) is 0 Å². The lowest BCUT2D eigenvalue weighted by Gasteiger charge is -2.44. The van der Waals surface area contributed by atoms with Crippen LogP contribution in [0.3, 0.4) is 0 Å². The molecule has 5 atom stereocenters. The second-order valence-electron chi connectivity index (χ2n) is 5.56. The Morgan fingerprint density at radius 1 is 1.27 bits per heavy atom. The highest BCUT2D eigenvalue weighted by Crippen LogP contribution is 2.69. The smallest absolute Gasteiger partial charge is 0.0862 e. The van der Waals surface area contributed by atoms with Gasteiger partial charge in [0, 0.05) is 9.65 Å². The highest BCUT2D eigenvalue weighted by atomic mass is 79.9. The van der Waals surface area contributed by atoms with E-state index in [-0.39, 0.29) is 0 Å². The first-order valence-electron chi connectivity index (χ1n) is 5.64. The Labute approximate surface area is 108 Å². The van der Waals surface area contributed by atoms with Gasteiger partial charge >= 0.3 is 0 Å². The number of rotatable bonds is 0. The van der Waals surface area contributed by atoms with Gasteiger partial charge in [0.25, 0.3) is 0 Å². The Morgan fingerprint density at radius 3 is 2.07 bits per heavy atom. The summed E-state index contributed by atoms with van der Waals surface area (Å²) in [6.07, 6.45) is 2.36. The van der Waals surface area contributed by atoms with Crippen LogP contribution in [0, 0.1) is 23.7 Å². The quantitative estimate of drug-likeness (QED) is 0.532. The summed E-state index contributed by atoms with van der Waals surface area (Å²) < 4.78 is 0. The molecular formula is C12H16Br2O. The summed E-state index contributed by atoms with van der Waals surface area (Å²) in [5, 5.41) is 10.4. The number of alkyl halides is 2. The average Bonchev–Trinajstić information content (AvgIpc) is 2.34. The van der Waals surface area contributed by atoms with Gasteiger partial charge in [0.15, 0.2) is 0 Å². The van der Waals surface area contributed by atoms with E-state index in [1.54, 1.807) is 0 Å². The SMILES string of the molecule is C=C1C2C3C[C@@H](Br)[C@H](Br)CC2C3[C@@]1(C)O. The third-order valence-corrected chi connectivity index (χ3v) is 7.67. The molecule has 4 aliphatic carbocycles. The van der Waals surface area contributed by atoms with Gasteiger partial charge in [-0.05, 0) is 49.0 Å². The number of fused-ring (bicyclic) bond motifs is 1. The third-order valence-electron chi connectivity index (χ3n) is 4.93. The van der Waals surface area contributed by atoms with Crippen LogP contribution < -0.4 is 0 Å². The van der Waals surface area contributed by atoms with Gasteiger partial charge in [0.1, 0.15) is 0 Å². The van der Waals surface area contributed by atoms with Crippen LogP contribution in [-0.2, 0) is 0 Å². The maximum Gasteiger partial charge on any atom is 0.0862 e. The van der Waals surface area contributed by atoms with E-state index in [2.05, 4.69) is 38.4 Å². The lowest BCUT2D eigenvalue weighted by molar-refractivity contribution is -0.0374. The van der Waals surface area contributed by atoms with Crippen molar-refractivity contribution in [3.8, 4) is 0 Å². The minimum Gasteiger partial charge on any atom is -0.385 e. The summed E-state index contributed by atoms with van der Waals surface area (Å²) in [7, 11) is 0. The van der Waals surface area contributed by atoms with Crippen molar-refractivity contribution in [3.63, 3.8) is 0 Å². The number of halogens is 2. The summed E-state index contributed by atoms with van der Waals surface area (Å²) >= 11 is 7.51. The summed E-state index contributed by atoms with van der Waals surface area (Å²) in [5.41, 5.74) is 0.507. The molecule has 0 aromatic rings. The van der Waals surface area contributed by atoms with Crippen LogP contribution in [-0.4, -0.2) is 20.4 Å². The lowest BCUT2D eigenvalue weighted by atomic mass is 9.61. The summed E-state index contributed by atoms with van der Waals surface area (Å²) in [6, 6.07) is 0. The first kappa shape index (κ1) is 10.8. The molecule has 3 heteroatoms. The van der Waals surface area contributed by atoms with Crippen LogP contribution in [0.5, 0.6) is 0 Å². The predicted octanol–water partition coefficient (Wildman–Crippen LogP) is 3.11. The molecule has 4 rings (SSSR count). The summed E-state index contributed by atoms with van der Waals surface area (Å²) in [4.78, 5) is 1.11. The molecule has 4 saturated carbocycles. The van der Waals surface area contributed by atoms with Crippen molar-refractivity contribution < 1.29 is 5.11 Å². The van der Waals surface area contributed by atoms with E-state index < -0.39 is 5.60 Å². The highest BCUT2D eigenvalue weighted by molar-refractivity contribution is 9.12. The van der Waals surface area contributed by atoms with Crippen molar-refractivity contribution in [2.45, 2.75) is 35.0 Å². The Morgan fingerprint density at radius 2 is 1.73 bits per heavy atom. The molecule has 4 fully saturated rings. The second kappa shape index (κ2) is 3.11. The molecule has 1 nitrogen and oxygen atoms in total. The van der Waals surface area contributed by atoms with Gasteiger partial charge in [-0.25, -0.2) is 0 Å². The molecule has 4 bridgehead atoms. The van der Waals surface area contributed by atoms with Crippen molar-refractivity contribution in [1.29, 1.82) is 0 Å². The minimum atomic E-state index is -0.593. The molecule has 2 unspecified atom stereocenters. The molecule has 0 aliphatic heterocycles. The highest BCUT2D eigenvalue weighted by Gasteiger charge is 2.68. The average molecular weight is 336 g/mol. The molecule has 15 heavy (non-hydrogen) atoms. The van der Waals surface area contributed by atoms with Crippen molar-refractivity contribution in [1.82, 2.24) is 0 Å². The van der Waals surface area contributed by atoms with E-state index in [1.165, 1.54) is 12.8 Å². The Kier molecular flexibility index (Phi) is 2.24. The van der Waals surface area contributed by atoms with Gasteiger partial charge in [0.2, 0.25) is 0 Å². The van der Waals surface area contributed by atoms with Crippen molar-refractivity contribution in [3.05, 3.63) is 12.2 Å². The van der Waals surface area contributed by atoms with E-state index in [0.29, 0.717) is 33.3 Å². The van der Waals surface area contributed by atoms with E-state index >= 15 is 0 Å². The third kappa shape index (κ3) is 1.18. The minimum absolute atomic E-state index is 0.470. The number of hydrogen-bond donors (Lipinski definition) is 1. The van der Waals surface area contributed by atoms with Crippen LogP contribution in [0.15, 0.2) is 12.2 Å². The zero-order chi connectivity index (χ0) is 11.0. The van der Waals surface area contributed by atoms with Crippen LogP contribution >= 0.6 is 31.9 Å². The summed E-state index contributed by atoms with van der Waals surface area (Å²) in [5.74, 6) is 2.40. The fraction of sp³-hybridized carbons (Fsp3) is 0.833. The van der Waals surface area contributed by atoms with Gasteiger partial charge in [-0.1, -0.05) is 38.4 Å². The maximum absolute atomic E-state index is 10.4. The van der Waals surface area contributed by atoms with Gasteiger partial charge < -0.3 is 5.11 Å². The fourth-order valence-electron chi connectivity index (χ4n) is 4.24. The number of hydrogen-bond acceptors (Lipinski definition) is 1. The maximum atomic E-state index is 10.4. The van der Waals surface area contributed by atoms with Gasteiger partial charge in [-0.2, -0.15) is 0 Å². The van der Waals surface area contributed by atoms with Crippen LogP contribution in [0.1, 0.15) is 19.8 Å². The van der Waals surface area contributed by atoms with Crippen LogP contribution in [0.25, 0.3) is 0 Å². The second-order valence-corrected chi connectivity index (χ2v) is 7.91. The zero-order valence-electron chi connectivity index (χ0n) is 8.79. The largest absolute Gasteiger partial charge is 0.385 e. The molecule has 0 heterocycles. The van der Waals surface area contributed by atoms with Crippen LogP contribution in [0.2, 0.25) is 0 Å². The van der Waals surface area contributed by atoms with Gasteiger partial charge in [-0.15, -0.1) is 0 Å². The molecule has 84 valence electrons. The molecular weight excluding hydrogens is 320 g/mol. The van der Waals surface area contributed by atoms with Crippen molar-refractivity contribution >= 4 is 31.9 Å². The van der Waals surface area contributed by atoms with Crippen LogP contribution in [0.4, 0.5) is 0 Å². The van der Waals surface area contributed by atoms with E-state index in [9.17, 15) is 5.11 Å². The Hall–Kier alpha value is 0.660. The van der Waals surface area contributed by atoms with E-state index in [0.717, 1.165) is 5.57 Å². The molecule has 4 aliphatic rings. The molecule has 0 saturated heterocycles. The first-order chi connectivity index (χ1) is 6.94. The Balaban J connectivity index is 1.96. The molecule has 0 amide bonds. The normalized spacial score (nSPS) is 62.5. The van der Waals surface area contributed by atoms with E-state index in [4.69, 9.17) is 0 Å². The monoisotopic (exact) mass is 334 g/mol. The zero-order valence-corrected chi connectivity index (χ0v) is 12.0. The van der Waals surface area contributed by atoms with Gasteiger partial charge in [0.05, 0.1) is 5.60 Å². The molecule has 0 radical (unpaired) electrons. The number of aliphatic hydroxyl groups is 1. The van der Waals surface area contributed by atoms with Crippen molar-refractivity contribution in [2.75, 3.05) is 0 Å². The fourth-order valence-corrected chi connectivity index (χ4v) is 5.54. The topological polar surface area (TPSA) is 20.2 Å². The summed E-state index contributed by atoms with van der Waals surface area (Å²) in [6.45, 7) is 6.09. The predicted molar refractivity (Wildman–Crippen MR) is 68.4 cm³/mol. The Bertz CT molecular complexity index is 308. The first-order valence-corrected chi connectivity index (χ1v) is 7.47. The molecule has 0 aromatic heterocycles. The van der Waals surface area contributed by atoms with E-state index in [1.807, 2.05) is 6.92 Å². The molecule has 0 spiro atoms.